The molecule has 2 unspecified atom stereocenters. The van der Waals surface area contributed by atoms with Gasteiger partial charge in [-0.3, -0.25) is 4.68 Å². The molecule has 1 aromatic heterocycles. The zero-order chi connectivity index (χ0) is 15.0. The molecule has 0 radical (unpaired) electrons. The fraction of sp³-hybridized carbons (Fsp3) is 0.812. The van der Waals surface area contributed by atoms with Crippen molar-refractivity contribution >= 4 is 0 Å². The number of methoxy groups -OCH3 is 1. The second kappa shape index (κ2) is 9.01. The lowest BCUT2D eigenvalue weighted by Gasteiger charge is -2.23. The third-order valence-corrected chi connectivity index (χ3v) is 3.81. The van der Waals surface area contributed by atoms with Crippen LogP contribution in [-0.4, -0.2) is 23.4 Å². The van der Waals surface area contributed by atoms with Gasteiger partial charge in [0.1, 0.15) is 0 Å². The second-order valence-electron chi connectivity index (χ2n) is 5.58. The van der Waals surface area contributed by atoms with Gasteiger partial charge in [0, 0.05) is 6.54 Å². The predicted molar refractivity (Wildman–Crippen MR) is 84.2 cm³/mol. The molecule has 2 atom stereocenters. The second-order valence-corrected chi connectivity index (χ2v) is 5.58. The van der Waals surface area contributed by atoms with Gasteiger partial charge in [0.15, 0.2) is 5.75 Å². The van der Waals surface area contributed by atoms with Gasteiger partial charge in [-0.1, -0.05) is 34.1 Å². The number of nitrogens with one attached hydrogen (secondary N) is 1. The smallest absolute Gasteiger partial charge is 0.161 e. The Balaban J connectivity index is 2.99. The molecular formula is C16H31N3O. The average Bonchev–Trinajstić information content (AvgIpc) is 2.86. The Hall–Kier alpha value is -1.03. The maximum absolute atomic E-state index is 5.53. The molecule has 1 N–H and O–H groups in total. The first-order valence-electron chi connectivity index (χ1n) is 8.00. The minimum absolute atomic E-state index is 0.328. The maximum atomic E-state index is 5.53. The molecular weight excluding hydrogens is 250 g/mol. The molecule has 0 spiro atoms. The van der Waals surface area contributed by atoms with E-state index >= 15 is 0 Å². The first kappa shape index (κ1) is 17.0. The average molecular weight is 281 g/mol. The summed E-state index contributed by atoms with van der Waals surface area (Å²) in [5.74, 6) is 1.61. The highest BCUT2D eigenvalue weighted by Gasteiger charge is 2.22. The first-order chi connectivity index (χ1) is 9.67. The summed E-state index contributed by atoms with van der Waals surface area (Å²) < 4.78 is 7.63. The van der Waals surface area contributed by atoms with Gasteiger partial charge in [-0.05, 0) is 31.7 Å². The summed E-state index contributed by atoms with van der Waals surface area (Å²) in [5.41, 5.74) is 1.21. The van der Waals surface area contributed by atoms with Crippen LogP contribution in [0.5, 0.6) is 5.75 Å². The number of aryl methyl sites for hydroxylation is 1. The van der Waals surface area contributed by atoms with Gasteiger partial charge < -0.3 is 10.1 Å². The van der Waals surface area contributed by atoms with Gasteiger partial charge in [-0.15, -0.1) is 0 Å². The van der Waals surface area contributed by atoms with Crippen LogP contribution in [0.4, 0.5) is 0 Å². The zero-order valence-corrected chi connectivity index (χ0v) is 13.8. The van der Waals surface area contributed by atoms with E-state index in [1.165, 1.54) is 12.1 Å². The van der Waals surface area contributed by atoms with Crippen molar-refractivity contribution in [3.8, 4) is 5.75 Å². The predicted octanol–water partition coefficient (Wildman–Crippen LogP) is 3.78. The van der Waals surface area contributed by atoms with E-state index < -0.39 is 0 Å². The van der Waals surface area contributed by atoms with E-state index in [1.54, 1.807) is 7.11 Å². The SMILES string of the molecule is CCCNC(CC(C)CC)c1c(OC)cnn1CCC. The van der Waals surface area contributed by atoms with E-state index in [9.17, 15) is 0 Å². The summed E-state index contributed by atoms with van der Waals surface area (Å²) in [5, 5.41) is 8.16. The highest BCUT2D eigenvalue weighted by atomic mass is 16.5. The molecule has 0 amide bonds. The molecule has 116 valence electrons. The minimum atomic E-state index is 0.328. The molecule has 0 aliphatic carbocycles. The van der Waals surface area contributed by atoms with Crippen molar-refractivity contribution in [1.29, 1.82) is 0 Å². The first-order valence-corrected chi connectivity index (χ1v) is 8.00. The van der Waals surface area contributed by atoms with E-state index in [0.717, 1.165) is 38.1 Å². The molecule has 0 fully saturated rings. The Morgan fingerprint density at radius 2 is 2.05 bits per heavy atom. The summed E-state index contributed by atoms with van der Waals surface area (Å²) in [4.78, 5) is 0. The van der Waals surface area contributed by atoms with E-state index in [2.05, 4.69) is 42.8 Å². The molecule has 0 aromatic carbocycles. The van der Waals surface area contributed by atoms with Crippen LogP contribution in [0.2, 0.25) is 0 Å². The zero-order valence-electron chi connectivity index (χ0n) is 13.8. The number of hydrogen-bond acceptors (Lipinski definition) is 3. The summed E-state index contributed by atoms with van der Waals surface area (Å²) in [7, 11) is 1.73. The largest absolute Gasteiger partial charge is 0.493 e. The lowest BCUT2D eigenvalue weighted by atomic mass is 9.96. The number of ether oxygens (including phenoxy) is 1. The van der Waals surface area contributed by atoms with Crippen molar-refractivity contribution in [3.63, 3.8) is 0 Å². The Morgan fingerprint density at radius 1 is 1.30 bits per heavy atom. The van der Waals surface area contributed by atoms with Crippen molar-refractivity contribution in [2.24, 2.45) is 5.92 Å². The van der Waals surface area contributed by atoms with Crippen molar-refractivity contribution < 1.29 is 4.74 Å². The molecule has 1 rings (SSSR count). The standard InChI is InChI=1S/C16H31N3O/c1-6-9-17-14(11-13(4)8-3)16-15(20-5)12-18-19(16)10-7-2/h12-14,17H,6-11H2,1-5H3. The Labute approximate surface area is 123 Å². The fourth-order valence-corrected chi connectivity index (χ4v) is 2.46. The highest BCUT2D eigenvalue weighted by molar-refractivity contribution is 5.28. The third-order valence-electron chi connectivity index (χ3n) is 3.81. The van der Waals surface area contributed by atoms with Crippen LogP contribution in [0.15, 0.2) is 6.20 Å². The van der Waals surface area contributed by atoms with E-state index in [1.807, 2.05) is 6.20 Å². The third kappa shape index (κ3) is 4.51. The van der Waals surface area contributed by atoms with Crippen molar-refractivity contribution in [2.75, 3.05) is 13.7 Å². The van der Waals surface area contributed by atoms with Crippen LogP contribution < -0.4 is 10.1 Å². The van der Waals surface area contributed by atoms with Crippen LogP contribution >= 0.6 is 0 Å². The summed E-state index contributed by atoms with van der Waals surface area (Å²) >= 11 is 0. The Morgan fingerprint density at radius 3 is 2.60 bits per heavy atom. The molecule has 0 saturated heterocycles. The highest BCUT2D eigenvalue weighted by Crippen LogP contribution is 2.30. The molecule has 4 nitrogen and oxygen atoms in total. The van der Waals surface area contributed by atoms with Gasteiger partial charge in [0.05, 0.1) is 25.0 Å². The number of hydrogen-bond donors (Lipinski definition) is 1. The Kier molecular flexibility index (Phi) is 7.67. The summed E-state index contributed by atoms with van der Waals surface area (Å²) in [6, 6.07) is 0.328. The number of nitrogens with zero attached hydrogens (tertiary/aromatic N) is 2. The van der Waals surface area contributed by atoms with Gasteiger partial charge in [0.2, 0.25) is 0 Å². The molecule has 1 heterocycles. The van der Waals surface area contributed by atoms with Crippen molar-refractivity contribution in [3.05, 3.63) is 11.9 Å². The van der Waals surface area contributed by atoms with E-state index in [-0.39, 0.29) is 0 Å². The maximum Gasteiger partial charge on any atom is 0.161 e. The molecule has 0 saturated carbocycles. The van der Waals surface area contributed by atoms with Crippen molar-refractivity contribution in [2.45, 2.75) is 66.0 Å². The molecule has 0 aliphatic rings. The Bertz CT molecular complexity index is 376. The van der Waals surface area contributed by atoms with E-state index in [0.29, 0.717) is 12.0 Å². The van der Waals surface area contributed by atoms with Gasteiger partial charge in [0.25, 0.3) is 0 Å². The van der Waals surface area contributed by atoms with Gasteiger partial charge in [-0.2, -0.15) is 5.10 Å². The molecule has 1 aromatic rings. The number of rotatable bonds is 10. The normalized spacial score (nSPS) is 14.2. The van der Waals surface area contributed by atoms with Crippen LogP contribution in [0.3, 0.4) is 0 Å². The van der Waals surface area contributed by atoms with Crippen LogP contribution in [0.1, 0.15) is 65.1 Å². The lowest BCUT2D eigenvalue weighted by Crippen LogP contribution is -2.27. The molecule has 4 heteroatoms. The number of aromatic nitrogens is 2. The lowest BCUT2D eigenvalue weighted by molar-refractivity contribution is 0.354. The summed E-state index contributed by atoms with van der Waals surface area (Å²) in [6.45, 7) is 10.9. The quantitative estimate of drug-likeness (QED) is 0.709. The molecule has 0 aliphatic heterocycles. The summed E-state index contributed by atoms with van der Waals surface area (Å²) in [6.07, 6.45) is 6.40. The molecule has 20 heavy (non-hydrogen) atoms. The van der Waals surface area contributed by atoms with Crippen LogP contribution in [-0.2, 0) is 6.54 Å². The monoisotopic (exact) mass is 281 g/mol. The fourth-order valence-electron chi connectivity index (χ4n) is 2.46. The van der Waals surface area contributed by atoms with Crippen LogP contribution in [0, 0.1) is 5.92 Å². The topological polar surface area (TPSA) is 39.1 Å². The van der Waals surface area contributed by atoms with Crippen LogP contribution in [0.25, 0.3) is 0 Å². The molecule has 0 bridgehead atoms. The van der Waals surface area contributed by atoms with Gasteiger partial charge >= 0.3 is 0 Å². The minimum Gasteiger partial charge on any atom is -0.493 e. The van der Waals surface area contributed by atoms with Gasteiger partial charge in [-0.25, -0.2) is 0 Å². The van der Waals surface area contributed by atoms with Crippen molar-refractivity contribution in [1.82, 2.24) is 15.1 Å². The van der Waals surface area contributed by atoms with E-state index in [4.69, 9.17) is 4.74 Å².